The smallest absolute Gasteiger partial charge is 0.306 e. The summed E-state index contributed by atoms with van der Waals surface area (Å²) in [6, 6.07) is 0. The molecule has 0 bridgehead atoms. The van der Waals surface area contributed by atoms with Crippen molar-refractivity contribution in [1.82, 2.24) is 0 Å². The van der Waals surface area contributed by atoms with Gasteiger partial charge in [0, 0.05) is 12.8 Å². The second-order valence-electron chi connectivity index (χ2n) is 15.6. The van der Waals surface area contributed by atoms with Crippen LogP contribution in [-0.2, 0) is 33.3 Å². The number of quaternary nitrogens is 1. The predicted octanol–water partition coefficient (Wildman–Crippen LogP) is 10.9. The first-order valence-electron chi connectivity index (χ1n) is 22.7. The highest BCUT2D eigenvalue weighted by Crippen LogP contribution is 2.09. The Labute approximate surface area is 370 Å². The van der Waals surface area contributed by atoms with Crippen molar-refractivity contribution in [2.75, 3.05) is 47.5 Å². The number of hydrogen-bond acceptors (Lipinski definition) is 8. The minimum Gasteiger partial charge on any atom is -0.545 e. The van der Waals surface area contributed by atoms with Gasteiger partial charge in [0.15, 0.2) is 12.4 Å². The van der Waals surface area contributed by atoms with Crippen LogP contribution < -0.4 is 5.11 Å². The lowest BCUT2D eigenvalue weighted by Gasteiger charge is -2.26. The molecule has 0 aromatic heterocycles. The molecule has 0 radical (unpaired) electrons. The molecule has 0 aromatic carbocycles. The van der Waals surface area contributed by atoms with E-state index in [4.69, 9.17) is 18.9 Å². The maximum atomic E-state index is 12.7. The Kier molecular flexibility index (Phi) is 39.4. The summed E-state index contributed by atoms with van der Waals surface area (Å²) in [5.41, 5.74) is 0. The number of rotatable bonds is 39. The van der Waals surface area contributed by atoms with Crippen molar-refractivity contribution in [2.24, 2.45) is 0 Å². The third kappa shape index (κ3) is 43.6. The number of carbonyl (C=O) groups excluding carboxylic acids is 3. The Morgan fingerprint density at radius 3 is 1.33 bits per heavy atom. The zero-order chi connectivity index (χ0) is 44.9. The number of hydrogen-bond donors (Lipinski definition) is 0. The van der Waals surface area contributed by atoms with Gasteiger partial charge >= 0.3 is 11.9 Å². The van der Waals surface area contributed by atoms with E-state index >= 15 is 0 Å². The van der Waals surface area contributed by atoms with Crippen LogP contribution in [0.15, 0.2) is 122 Å². The summed E-state index contributed by atoms with van der Waals surface area (Å²) in [6.07, 6.45) is 55.3. The van der Waals surface area contributed by atoms with Crippen molar-refractivity contribution in [3.63, 3.8) is 0 Å². The van der Waals surface area contributed by atoms with Crippen molar-refractivity contribution >= 4 is 17.9 Å². The van der Waals surface area contributed by atoms with Crippen LogP contribution in [0.1, 0.15) is 129 Å². The molecule has 9 heteroatoms. The molecule has 2 unspecified atom stereocenters. The fraction of sp³-hybridized carbons (Fsp3) is 0.558. The largest absolute Gasteiger partial charge is 0.545 e. The molecule has 0 aliphatic rings. The fourth-order valence-electron chi connectivity index (χ4n) is 5.24. The van der Waals surface area contributed by atoms with Crippen molar-refractivity contribution in [3.05, 3.63) is 122 Å². The van der Waals surface area contributed by atoms with Gasteiger partial charge in [-0.15, -0.1) is 0 Å². The van der Waals surface area contributed by atoms with E-state index in [0.717, 1.165) is 83.5 Å². The monoisotopic (exact) mass is 848 g/mol. The molecule has 0 rings (SSSR count). The van der Waals surface area contributed by atoms with Crippen LogP contribution in [0.4, 0.5) is 0 Å². The first-order valence-corrected chi connectivity index (χ1v) is 22.7. The first kappa shape index (κ1) is 56.7. The summed E-state index contributed by atoms with van der Waals surface area (Å²) in [7, 11) is 5.86. The number of nitrogens with zero attached hydrogens (tertiary/aromatic N) is 1. The number of carboxylic acids is 1. The third-order valence-corrected chi connectivity index (χ3v) is 8.70. The van der Waals surface area contributed by atoms with Gasteiger partial charge in [-0.3, -0.25) is 9.59 Å². The van der Waals surface area contributed by atoms with Crippen molar-refractivity contribution in [1.29, 1.82) is 0 Å². The molecule has 61 heavy (non-hydrogen) atoms. The molecule has 0 fully saturated rings. The van der Waals surface area contributed by atoms with E-state index in [0.29, 0.717) is 30.3 Å². The van der Waals surface area contributed by atoms with Crippen molar-refractivity contribution in [3.8, 4) is 0 Å². The molecule has 0 amide bonds. The molecule has 0 heterocycles. The van der Waals surface area contributed by atoms with Crippen LogP contribution in [0.2, 0.25) is 0 Å². The molecule has 0 saturated carbocycles. The summed E-state index contributed by atoms with van der Waals surface area (Å²) in [5, 5.41) is 11.7. The Bertz CT molecular complexity index is 1410. The van der Waals surface area contributed by atoms with E-state index in [9.17, 15) is 19.5 Å². The highest BCUT2D eigenvalue weighted by atomic mass is 16.7. The third-order valence-electron chi connectivity index (χ3n) is 8.70. The van der Waals surface area contributed by atoms with Crippen LogP contribution in [-0.4, -0.2) is 82.3 Å². The fourth-order valence-corrected chi connectivity index (χ4v) is 5.24. The zero-order valence-corrected chi connectivity index (χ0v) is 38.5. The van der Waals surface area contributed by atoms with Gasteiger partial charge in [-0.05, 0) is 96.3 Å². The van der Waals surface area contributed by atoms with Crippen LogP contribution in [0, 0.1) is 0 Å². The molecule has 2 atom stereocenters. The van der Waals surface area contributed by atoms with E-state index in [1.165, 1.54) is 0 Å². The lowest BCUT2D eigenvalue weighted by Crippen LogP contribution is -2.44. The number of carbonyl (C=O) groups is 3. The summed E-state index contributed by atoms with van der Waals surface area (Å²) in [4.78, 5) is 36.9. The molecule has 0 N–H and O–H groups in total. The van der Waals surface area contributed by atoms with Crippen molar-refractivity contribution < 1.29 is 42.9 Å². The second kappa shape index (κ2) is 42.4. The number of allylic oxidation sites excluding steroid dienone is 20. The van der Waals surface area contributed by atoms with Gasteiger partial charge in [0.1, 0.15) is 13.2 Å². The van der Waals surface area contributed by atoms with Gasteiger partial charge in [-0.1, -0.05) is 142 Å². The van der Waals surface area contributed by atoms with E-state index < -0.39 is 30.3 Å². The molecular formula is C52H81NO8. The second-order valence-corrected chi connectivity index (χ2v) is 15.6. The molecule has 9 nitrogen and oxygen atoms in total. The zero-order valence-electron chi connectivity index (χ0n) is 38.5. The number of carboxylic acid groups (broad SMARTS) is 1. The lowest BCUT2D eigenvalue weighted by molar-refractivity contribution is -0.870. The van der Waals surface area contributed by atoms with Gasteiger partial charge in [0.25, 0.3) is 0 Å². The van der Waals surface area contributed by atoms with Gasteiger partial charge in [0.2, 0.25) is 0 Å². The maximum Gasteiger partial charge on any atom is 0.306 e. The molecule has 0 saturated heterocycles. The van der Waals surface area contributed by atoms with E-state index in [1.54, 1.807) is 0 Å². The number of aliphatic carboxylic acids is 1. The SMILES string of the molecule is CC/C=C\C/C=C\C/C=C\C/C=C\C/C=C\C/C=C\C/C=C\CCCC(=O)OC(COC(=O)CCCCC/C=C\C/C=C\C/C=C\CC)COC(OCC[N+](C)(C)C)C(=O)[O-]. The van der Waals surface area contributed by atoms with Gasteiger partial charge in [-0.25, -0.2) is 0 Å². The standard InChI is InChI=1S/C52H81NO8/c1-6-8-10-12-14-16-18-20-21-22-23-24-25-26-27-28-29-31-33-35-37-39-41-43-50(55)61-48(47-60-52(51(56)57)58-45-44-53(3,4)5)46-59-49(54)42-40-38-36-34-32-30-19-17-15-13-11-9-7-2/h8-11,14-17,20-21,23-24,26-27,29-32,35,37,48,52H,6-7,12-13,18-19,22,25,28,33-34,36,38-47H2,1-5H3/b10-8-,11-9-,16-14-,17-15-,21-20-,24-23-,27-26-,31-29-,32-30-,37-35-. The minimum atomic E-state index is -1.65. The Morgan fingerprint density at radius 1 is 0.492 bits per heavy atom. The van der Waals surface area contributed by atoms with Gasteiger partial charge in [0.05, 0.1) is 40.3 Å². The molecule has 0 spiro atoms. The molecule has 0 aliphatic heterocycles. The van der Waals surface area contributed by atoms with E-state index in [2.05, 4.69) is 129 Å². The number of esters is 2. The average molecular weight is 848 g/mol. The molecular weight excluding hydrogens is 767 g/mol. The number of unbranched alkanes of at least 4 members (excludes halogenated alkanes) is 4. The van der Waals surface area contributed by atoms with E-state index in [-0.39, 0.29) is 32.7 Å². The first-order chi connectivity index (χ1) is 29.6. The van der Waals surface area contributed by atoms with Crippen LogP contribution >= 0.6 is 0 Å². The quantitative estimate of drug-likeness (QED) is 0.0198. The van der Waals surface area contributed by atoms with Crippen LogP contribution in [0.3, 0.4) is 0 Å². The molecule has 342 valence electrons. The lowest BCUT2D eigenvalue weighted by atomic mass is 10.1. The molecule has 0 aliphatic carbocycles. The number of likely N-dealkylation sites (N-methyl/N-ethyl adjacent to an activating group) is 1. The topological polar surface area (TPSA) is 111 Å². The number of ether oxygens (including phenoxy) is 4. The Morgan fingerprint density at radius 2 is 0.902 bits per heavy atom. The van der Waals surface area contributed by atoms with Crippen molar-refractivity contribution in [2.45, 2.75) is 142 Å². The predicted molar refractivity (Wildman–Crippen MR) is 250 cm³/mol. The van der Waals surface area contributed by atoms with Crippen LogP contribution in [0.5, 0.6) is 0 Å². The minimum absolute atomic E-state index is 0.124. The summed E-state index contributed by atoms with van der Waals surface area (Å²) in [6.45, 7) is 4.36. The summed E-state index contributed by atoms with van der Waals surface area (Å²) < 4.78 is 22.4. The Hall–Kier alpha value is -4.31. The van der Waals surface area contributed by atoms with Crippen LogP contribution in [0.25, 0.3) is 0 Å². The Balaban J connectivity index is 4.59. The highest BCUT2D eigenvalue weighted by molar-refractivity contribution is 5.70. The maximum absolute atomic E-state index is 12.7. The normalized spacial score (nSPS) is 14.0. The van der Waals surface area contributed by atoms with Gasteiger partial charge < -0.3 is 33.3 Å². The summed E-state index contributed by atoms with van der Waals surface area (Å²) >= 11 is 0. The highest BCUT2D eigenvalue weighted by Gasteiger charge is 2.21. The average Bonchev–Trinajstić information content (AvgIpc) is 3.22. The summed E-state index contributed by atoms with van der Waals surface area (Å²) in [5.74, 6) is -2.43. The van der Waals surface area contributed by atoms with Gasteiger partial charge in [-0.2, -0.15) is 0 Å². The van der Waals surface area contributed by atoms with E-state index in [1.807, 2.05) is 27.2 Å². The molecule has 0 aromatic rings.